The quantitative estimate of drug-likeness (QED) is 0.778. The minimum absolute atomic E-state index is 0.119. The van der Waals surface area contributed by atoms with Crippen LogP contribution in [-0.2, 0) is 19.6 Å². The van der Waals surface area contributed by atoms with E-state index in [0.29, 0.717) is 17.9 Å². The third kappa shape index (κ3) is 3.42. The van der Waals surface area contributed by atoms with E-state index < -0.39 is 16.3 Å². The highest BCUT2D eigenvalue weighted by atomic mass is 32.2. The van der Waals surface area contributed by atoms with Crippen molar-refractivity contribution in [2.24, 2.45) is 0 Å². The zero-order valence-corrected chi connectivity index (χ0v) is 13.9. The normalized spacial score (nSPS) is 17.8. The van der Waals surface area contributed by atoms with Crippen molar-refractivity contribution in [3.63, 3.8) is 0 Å². The average molecular weight is 347 g/mol. The SMILES string of the molecule is CN(C1CCC(=O)O1)S(=O)(=O)c1ccc(Oc2ccccc2)cc1. The Balaban J connectivity index is 1.75. The van der Waals surface area contributed by atoms with Gasteiger partial charge in [0.25, 0.3) is 0 Å². The van der Waals surface area contributed by atoms with E-state index in [0.717, 1.165) is 4.31 Å². The lowest BCUT2D eigenvalue weighted by molar-refractivity contribution is -0.144. The van der Waals surface area contributed by atoms with Crippen LogP contribution in [-0.4, -0.2) is 32.0 Å². The predicted molar refractivity (Wildman–Crippen MR) is 87.0 cm³/mol. The monoisotopic (exact) mass is 347 g/mol. The minimum Gasteiger partial charge on any atom is -0.457 e. The van der Waals surface area contributed by atoms with E-state index in [1.54, 1.807) is 12.1 Å². The molecule has 7 heteroatoms. The Kier molecular flexibility index (Phi) is 4.55. The number of hydrogen-bond donors (Lipinski definition) is 0. The van der Waals surface area contributed by atoms with Crippen LogP contribution in [0.2, 0.25) is 0 Å². The van der Waals surface area contributed by atoms with Gasteiger partial charge in [-0.25, -0.2) is 8.42 Å². The molecule has 1 aliphatic rings. The molecule has 1 atom stereocenters. The van der Waals surface area contributed by atoms with Crippen molar-refractivity contribution in [2.75, 3.05) is 7.05 Å². The summed E-state index contributed by atoms with van der Waals surface area (Å²) in [4.78, 5) is 11.3. The van der Waals surface area contributed by atoms with E-state index in [4.69, 9.17) is 9.47 Å². The number of carbonyl (C=O) groups excluding carboxylic acids is 1. The maximum absolute atomic E-state index is 12.6. The Morgan fingerprint density at radius 1 is 1.04 bits per heavy atom. The van der Waals surface area contributed by atoms with E-state index in [1.807, 2.05) is 30.3 Å². The first-order chi connectivity index (χ1) is 11.5. The summed E-state index contributed by atoms with van der Waals surface area (Å²) in [6.07, 6.45) is -0.152. The average Bonchev–Trinajstić information content (AvgIpc) is 3.02. The zero-order valence-electron chi connectivity index (χ0n) is 13.1. The van der Waals surface area contributed by atoms with E-state index in [-0.39, 0.29) is 17.3 Å². The van der Waals surface area contributed by atoms with Gasteiger partial charge in [-0.3, -0.25) is 4.79 Å². The fourth-order valence-corrected chi connectivity index (χ4v) is 3.66. The zero-order chi connectivity index (χ0) is 17.2. The Morgan fingerprint density at radius 2 is 1.67 bits per heavy atom. The van der Waals surface area contributed by atoms with Crippen molar-refractivity contribution in [3.05, 3.63) is 54.6 Å². The van der Waals surface area contributed by atoms with Crippen LogP contribution in [0, 0.1) is 0 Å². The van der Waals surface area contributed by atoms with Gasteiger partial charge in [0.05, 0.1) is 11.3 Å². The van der Waals surface area contributed by atoms with Crippen molar-refractivity contribution in [2.45, 2.75) is 24.0 Å². The molecule has 126 valence electrons. The highest BCUT2D eigenvalue weighted by Crippen LogP contribution is 2.26. The molecular formula is C17H17NO5S. The van der Waals surface area contributed by atoms with Crippen LogP contribution < -0.4 is 4.74 Å². The number of esters is 1. The Morgan fingerprint density at radius 3 is 2.25 bits per heavy atom. The molecule has 2 aromatic rings. The fourth-order valence-electron chi connectivity index (χ4n) is 2.39. The van der Waals surface area contributed by atoms with Crippen molar-refractivity contribution < 1.29 is 22.7 Å². The largest absolute Gasteiger partial charge is 0.457 e. The molecule has 1 unspecified atom stereocenters. The Labute approximate surface area is 140 Å². The van der Waals surface area contributed by atoms with Crippen LogP contribution in [0.3, 0.4) is 0 Å². The lowest BCUT2D eigenvalue weighted by Gasteiger charge is -2.22. The Bertz CT molecular complexity index is 818. The molecule has 1 fully saturated rings. The van der Waals surface area contributed by atoms with Crippen LogP contribution in [0.5, 0.6) is 11.5 Å². The van der Waals surface area contributed by atoms with Crippen molar-refractivity contribution in [1.82, 2.24) is 4.31 Å². The maximum atomic E-state index is 12.6. The van der Waals surface area contributed by atoms with Gasteiger partial charge in [-0.15, -0.1) is 0 Å². The minimum atomic E-state index is -3.73. The van der Waals surface area contributed by atoms with E-state index in [9.17, 15) is 13.2 Å². The first-order valence-electron chi connectivity index (χ1n) is 7.47. The summed E-state index contributed by atoms with van der Waals surface area (Å²) < 4.78 is 36.9. The highest BCUT2D eigenvalue weighted by Gasteiger charge is 2.34. The molecule has 1 heterocycles. The number of benzene rings is 2. The molecule has 24 heavy (non-hydrogen) atoms. The van der Waals surface area contributed by atoms with Gasteiger partial charge in [0.1, 0.15) is 11.5 Å². The van der Waals surface area contributed by atoms with E-state index >= 15 is 0 Å². The van der Waals surface area contributed by atoms with Crippen LogP contribution in [0.25, 0.3) is 0 Å². The smallest absolute Gasteiger partial charge is 0.307 e. The molecule has 0 aromatic heterocycles. The molecule has 0 N–H and O–H groups in total. The third-order valence-electron chi connectivity index (χ3n) is 3.75. The molecule has 0 spiro atoms. The predicted octanol–water partition coefficient (Wildman–Crippen LogP) is 2.76. The number of sulfonamides is 1. The first-order valence-corrected chi connectivity index (χ1v) is 8.91. The van der Waals surface area contributed by atoms with Gasteiger partial charge in [0.2, 0.25) is 10.0 Å². The summed E-state index contributed by atoms with van der Waals surface area (Å²) in [6, 6.07) is 15.3. The number of rotatable bonds is 5. The Hall–Kier alpha value is -2.38. The van der Waals surface area contributed by atoms with Crippen LogP contribution in [0.15, 0.2) is 59.5 Å². The molecule has 2 aromatic carbocycles. The fraction of sp³-hybridized carbons (Fsp3) is 0.235. The summed E-state index contributed by atoms with van der Waals surface area (Å²) in [5.74, 6) is 0.826. The second-order valence-electron chi connectivity index (χ2n) is 5.39. The van der Waals surface area contributed by atoms with Gasteiger partial charge in [0.15, 0.2) is 6.23 Å². The number of hydrogen-bond acceptors (Lipinski definition) is 5. The molecular weight excluding hydrogens is 330 g/mol. The second-order valence-corrected chi connectivity index (χ2v) is 7.39. The van der Waals surface area contributed by atoms with Gasteiger partial charge < -0.3 is 9.47 Å². The van der Waals surface area contributed by atoms with Gasteiger partial charge in [-0.1, -0.05) is 18.2 Å². The molecule has 0 saturated carbocycles. The third-order valence-corrected chi connectivity index (χ3v) is 5.61. The summed E-state index contributed by atoms with van der Waals surface area (Å²) in [5, 5.41) is 0. The summed E-state index contributed by atoms with van der Waals surface area (Å²) in [6.45, 7) is 0. The number of para-hydroxylation sites is 1. The van der Waals surface area contributed by atoms with Crippen molar-refractivity contribution in [1.29, 1.82) is 0 Å². The van der Waals surface area contributed by atoms with Crippen LogP contribution in [0.4, 0.5) is 0 Å². The molecule has 6 nitrogen and oxygen atoms in total. The van der Waals surface area contributed by atoms with Crippen molar-refractivity contribution >= 4 is 16.0 Å². The van der Waals surface area contributed by atoms with Crippen molar-refractivity contribution in [3.8, 4) is 11.5 Å². The molecule has 0 bridgehead atoms. The maximum Gasteiger partial charge on any atom is 0.307 e. The summed E-state index contributed by atoms with van der Waals surface area (Å²) in [7, 11) is -2.33. The molecule has 0 amide bonds. The molecule has 3 rings (SSSR count). The summed E-state index contributed by atoms with van der Waals surface area (Å²) >= 11 is 0. The van der Waals surface area contributed by atoms with E-state index in [1.165, 1.54) is 19.2 Å². The number of nitrogens with zero attached hydrogens (tertiary/aromatic N) is 1. The number of cyclic esters (lactones) is 1. The van der Waals surface area contributed by atoms with Gasteiger partial charge in [-0.2, -0.15) is 4.31 Å². The molecule has 1 saturated heterocycles. The number of carbonyl (C=O) groups is 1. The second kappa shape index (κ2) is 6.62. The molecule has 0 aliphatic carbocycles. The molecule has 0 radical (unpaired) electrons. The van der Waals surface area contributed by atoms with E-state index in [2.05, 4.69) is 0 Å². The van der Waals surface area contributed by atoms with Gasteiger partial charge in [0, 0.05) is 13.5 Å². The molecule has 1 aliphatic heterocycles. The lowest BCUT2D eigenvalue weighted by atomic mass is 10.3. The van der Waals surface area contributed by atoms with Crippen LogP contribution >= 0.6 is 0 Å². The number of ether oxygens (including phenoxy) is 2. The topological polar surface area (TPSA) is 72.9 Å². The summed E-state index contributed by atoms with van der Waals surface area (Å²) in [5.41, 5.74) is 0. The first kappa shape index (κ1) is 16.5. The standard InChI is InChI=1S/C17H17NO5S/c1-18(16-11-12-17(19)23-16)24(20,21)15-9-7-14(8-10-15)22-13-5-3-2-4-6-13/h2-10,16H,11-12H2,1H3. The lowest BCUT2D eigenvalue weighted by Crippen LogP contribution is -2.36. The van der Waals surface area contributed by atoms with Gasteiger partial charge >= 0.3 is 5.97 Å². The van der Waals surface area contributed by atoms with Gasteiger partial charge in [-0.05, 0) is 36.4 Å². The van der Waals surface area contributed by atoms with Crippen LogP contribution in [0.1, 0.15) is 12.8 Å². The highest BCUT2D eigenvalue weighted by molar-refractivity contribution is 7.89.